The highest BCUT2D eigenvalue weighted by atomic mass is 32.2. The molecular weight excluding hydrogens is 344 g/mol. The number of thiocarbonyl (C=S) groups is 1. The fourth-order valence-electron chi connectivity index (χ4n) is 2.78. The van der Waals surface area contributed by atoms with Crippen LogP contribution >= 0.6 is 35.7 Å². The number of nitrogens with one attached hydrogen (secondary N) is 1. The number of carbonyl (C=O) groups excluding carboxylic acids is 1. The van der Waals surface area contributed by atoms with Gasteiger partial charge in [-0.2, -0.15) is 5.26 Å². The molecule has 0 saturated heterocycles. The molecular formula is C17H28N2OS3. The molecule has 0 aromatic carbocycles. The van der Waals surface area contributed by atoms with Crippen molar-refractivity contribution in [3.05, 3.63) is 0 Å². The van der Waals surface area contributed by atoms with Gasteiger partial charge >= 0.3 is 0 Å². The van der Waals surface area contributed by atoms with E-state index in [4.69, 9.17) is 12.2 Å². The molecule has 3 nitrogen and oxygen atoms in total. The molecule has 1 amide bonds. The van der Waals surface area contributed by atoms with E-state index in [9.17, 15) is 10.1 Å². The zero-order valence-electron chi connectivity index (χ0n) is 14.2. The summed E-state index contributed by atoms with van der Waals surface area (Å²) in [7, 11) is 0. The summed E-state index contributed by atoms with van der Waals surface area (Å²) in [6.45, 7) is 1.87. The Bertz CT molecular complexity index is 426. The smallest absolute Gasteiger partial charge is 0.220 e. The summed E-state index contributed by atoms with van der Waals surface area (Å²) >= 11 is 8.07. The van der Waals surface area contributed by atoms with Crippen LogP contribution in [0.2, 0.25) is 0 Å². The second kappa shape index (κ2) is 11.3. The number of amides is 1. The molecule has 0 radical (unpaired) electrons. The molecule has 1 fully saturated rings. The number of rotatable bonds is 5. The summed E-state index contributed by atoms with van der Waals surface area (Å²) in [5, 5.41) is 12.6. The maximum absolute atomic E-state index is 12.2. The molecule has 1 atom stereocenters. The predicted octanol–water partition coefficient (Wildman–Crippen LogP) is 5.05. The van der Waals surface area contributed by atoms with Crippen molar-refractivity contribution in [3.63, 3.8) is 0 Å². The van der Waals surface area contributed by atoms with Crippen LogP contribution in [0.25, 0.3) is 0 Å². The van der Waals surface area contributed by atoms with Gasteiger partial charge in [0, 0.05) is 12.5 Å². The van der Waals surface area contributed by atoms with E-state index in [0.717, 1.165) is 16.4 Å². The van der Waals surface area contributed by atoms with Crippen molar-refractivity contribution in [2.45, 2.75) is 81.9 Å². The minimum absolute atomic E-state index is 0.0754. The van der Waals surface area contributed by atoms with Gasteiger partial charge in [-0.3, -0.25) is 4.79 Å². The molecule has 1 saturated carbocycles. The van der Waals surface area contributed by atoms with Gasteiger partial charge in [0.2, 0.25) is 5.91 Å². The first kappa shape index (κ1) is 20.8. The van der Waals surface area contributed by atoms with Gasteiger partial charge in [0.1, 0.15) is 8.28 Å². The summed E-state index contributed by atoms with van der Waals surface area (Å²) < 4.78 is 0.140. The Morgan fingerprint density at radius 3 is 2.35 bits per heavy atom. The molecule has 1 aliphatic rings. The van der Waals surface area contributed by atoms with Crippen LogP contribution in [0, 0.1) is 11.3 Å². The van der Waals surface area contributed by atoms with E-state index in [1.54, 1.807) is 0 Å². The van der Waals surface area contributed by atoms with Gasteiger partial charge in [-0.1, -0.05) is 62.5 Å². The SMILES string of the molecule is CSC(=S)SC(C)(C#N)CCC(=O)NC1CCCCCCCC1. The molecule has 0 aromatic heterocycles. The number of nitrogens with zero attached hydrogens (tertiary/aromatic N) is 1. The zero-order valence-corrected chi connectivity index (χ0v) is 16.7. The Hall–Kier alpha value is -0.250. The Kier molecular flexibility index (Phi) is 10.2. The molecule has 0 bridgehead atoms. The number of hydrogen-bond donors (Lipinski definition) is 1. The van der Waals surface area contributed by atoms with Crippen molar-refractivity contribution in [2.24, 2.45) is 0 Å². The highest BCUT2D eigenvalue weighted by Gasteiger charge is 2.27. The van der Waals surface area contributed by atoms with Crippen LogP contribution in [0.4, 0.5) is 0 Å². The lowest BCUT2D eigenvalue weighted by Gasteiger charge is -2.22. The van der Waals surface area contributed by atoms with Gasteiger partial charge in [0.25, 0.3) is 0 Å². The summed E-state index contributed by atoms with van der Waals surface area (Å²) in [4.78, 5) is 12.2. The fraction of sp³-hybridized carbons (Fsp3) is 0.824. The molecule has 23 heavy (non-hydrogen) atoms. The van der Waals surface area contributed by atoms with Gasteiger partial charge in [-0.15, -0.1) is 11.8 Å². The maximum Gasteiger partial charge on any atom is 0.220 e. The molecule has 1 aliphatic carbocycles. The highest BCUT2D eigenvalue weighted by molar-refractivity contribution is 8.47. The van der Waals surface area contributed by atoms with E-state index in [0.29, 0.717) is 18.9 Å². The van der Waals surface area contributed by atoms with Crippen molar-refractivity contribution in [1.82, 2.24) is 5.32 Å². The third kappa shape index (κ3) is 8.97. The van der Waals surface area contributed by atoms with Crippen LogP contribution in [-0.2, 0) is 4.79 Å². The molecule has 130 valence electrons. The van der Waals surface area contributed by atoms with E-state index in [1.807, 2.05) is 13.2 Å². The Labute approximate surface area is 154 Å². The third-order valence-corrected chi connectivity index (χ3v) is 7.01. The van der Waals surface area contributed by atoms with Crippen molar-refractivity contribution in [1.29, 1.82) is 5.26 Å². The van der Waals surface area contributed by atoms with E-state index in [1.165, 1.54) is 62.0 Å². The fourth-order valence-corrected chi connectivity index (χ4v) is 4.84. The van der Waals surface area contributed by atoms with E-state index in [2.05, 4.69) is 11.4 Å². The van der Waals surface area contributed by atoms with Crippen molar-refractivity contribution in [2.75, 3.05) is 6.26 Å². The largest absolute Gasteiger partial charge is 0.353 e. The molecule has 0 heterocycles. The van der Waals surface area contributed by atoms with Crippen molar-refractivity contribution >= 4 is 45.2 Å². The van der Waals surface area contributed by atoms with Gasteiger partial charge in [0.15, 0.2) is 0 Å². The number of thioether (sulfide) groups is 2. The molecule has 1 N–H and O–H groups in total. The van der Waals surface area contributed by atoms with Gasteiger partial charge in [0.05, 0.1) is 6.07 Å². The first-order valence-corrected chi connectivity index (χ1v) is 10.9. The average molecular weight is 373 g/mol. The topological polar surface area (TPSA) is 52.9 Å². The lowest BCUT2D eigenvalue weighted by molar-refractivity contribution is -0.122. The van der Waals surface area contributed by atoms with Crippen LogP contribution in [0.15, 0.2) is 0 Å². The van der Waals surface area contributed by atoms with Crippen LogP contribution in [0.1, 0.15) is 71.1 Å². The third-order valence-electron chi connectivity index (χ3n) is 4.26. The summed E-state index contributed by atoms with van der Waals surface area (Å²) in [6, 6.07) is 2.63. The quantitative estimate of drug-likeness (QED) is 0.684. The summed E-state index contributed by atoms with van der Waals surface area (Å²) in [5.41, 5.74) is 0. The lowest BCUT2D eigenvalue weighted by atomic mass is 10.0. The minimum Gasteiger partial charge on any atom is -0.353 e. The zero-order chi connectivity index (χ0) is 17.1. The summed E-state index contributed by atoms with van der Waals surface area (Å²) in [6.07, 6.45) is 12.6. The number of hydrogen-bond acceptors (Lipinski definition) is 5. The van der Waals surface area contributed by atoms with E-state index >= 15 is 0 Å². The van der Waals surface area contributed by atoms with Gasteiger partial charge < -0.3 is 5.32 Å². The van der Waals surface area contributed by atoms with E-state index < -0.39 is 4.75 Å². The van der Waals surface area contributed by atoms with Crippen LogP contribution in [-0.4, -0.2) is 26.5 Å². The normalized spacial score (nSPS) is 19.5. The van der Waals surface area contributed by atoms with Gasteiger partial charge in [-0.05, 0) is 32.4 Å². The monoisotopic (exact) mass is 372 g/mol. The molecule has 0 aliphatic heterocycles. The lowest BCUT2D eigenvalue weighted by Crippen LogP contribution is -2.35. The summed E-state index contributed by atoms with van der Waals surface area (Å²) in [5.74, 6) is 0.0754. The highest BCUT2D eigenvalue weighted by Crippen LogP contribution is 2.33. The van der Waals surface area contributed by atoms with Crippen LogP contribution in [0.3, 0.4) is 0 Å². The molecule has 0 aromatic rings. The number of nitriles is 1. The predicted molar refractivity (Wildman–Crippen MR) is 106 cm³/mol. The van der Waals surface area contributed by atoms with E-state index in [-0.39, 0.29) is 5.91 Å². The second-order valence-electron chi connectivity index (χ2n) is 6.36. The van der Waals surface area contributed by atoms with Gasteiger partial charge in [-0.25, -0.2) is 0 Å². The Balaban J connectivity index is 2.41. The van der Waals surface area contributed by atoms with Crippen molar-refractivity contribution < 1.29 is 4.79 Å². The van der Waals surface area contributed by atoms with Crippen LogP contribution in [0.5, 0.6) is 0 Å². The molecule has 1 rings (SSSR count). The molecule has 6 heteroatoms. The Morgan fingerprint density at radius 2 is 1.83 bits per heavy atom. The molecule has 0 spiro atoms. The standard InChI is InChI=1S/C17H28N2OS3/c1-17(13-18,23-16(21)22-2)12-11-15(20)19-14-9-7-5-3-4-6-8-10-14/h14H,3-12H2,1-2H3,(H,19,20). The first-order chi connectivity index (χ1) is 11.0. The minimum atomic E-state index is -0.615. The van der Waals surface area contributed by atoms with Crippen molar-refractivity contribution in [3.8, 4) is 6.07 Å². The first-order valence-electron chi connectivity index (χ1n) is 8.46. The maximum atomic E-state index is 12.2. The second-order valence-corrected chi connectivity index (χ2v) is 9.88. The molecule has 1 unspecified atom stereocenters. The Morgan fingerprint density at radius 1 is 1.26 bits per heavy atom. The average Bonchev–Trinajstić information content (AvgIpc) is 2.67. The van der Waals surface area contributed by atoms with Crippen LogP contribution < -0.4 is 5.32 Å². The number of carbonyl (C=O) groups is 1.